The van der Waals surface area contributed by atoms with Gasteiger partial charge < -0.3 is 10.2 Å². The first kappa shape index (κ1) is 13.4. The van der Waals surface area contributed by atoms with Crippen LogP contribution in [0, 0.1) is 5.92 Å². The Hall–Kier alpha value is -1.02. The van der Waals surface area contributed by atoms with Gasteiger partial charge in [-0.3, -0.25) is 0 Å². The van der Waals surface area contributed by atoms with Crippen LogP contribution in [-0.4, -0.2) is 26.2 Å². The van der Waals surface area contributed by atoms with Gasteiger partial charge in [-0.25, -0.2) is 0 Å². The predicted octanol–water partition coefficient (Wildman–Crippen LogP) is 3.07. The standard InChI is InChI=1S/C16H26N2/c1-4-14-5-9-16(10-6-14)18(3)12-13(2)11-17-15-7-8-15/h5-6,9-10,13,15,17H,4,7-8,11-12H2,1-3H3. The van der Waals surface area contributed by atoms with E-state index in [4.69, 9.17) is 0 Å². The van der Waals surface area contributed by atoms with Gasteiger partial charge in [-0.1, -0.05) is 26.0 Å². The van der Waals surface area contributed by atoms with Crippen LogP contribution in [0.2, 0.25) is 0 Å². The van der Waals surface area contributed by atoms with E-state index in [1.807, 2.05) is 0 Å². The summed E-state index contributed by atoms with van der Waals surface area (Å²) in [6.07, 6.45) is 3.87. The highest BCUT2D eigenvalue weighted by Gasteiger charge is 2.21. The van der Waals surface area contributed by atoms with Gasteiger partial charge in [-0.05, 0) is 49.4 Å². The van der Waals surface area contributed by atoms with Gasteiger partial charge in [-0.2, -0.15) is 0 Å². The van der Waals surface area contributed by atoms with Crippen molar-refractivity contribution >= 4 is 5.69 Å². The largest absolute Gasteiger partial charge is 0.374 e. The molecule has 0 saturated heterocycles. The third-order valence-corrected chi connectivity index (χ3v) is 3.70. The molecule has 1 saturated carbocycles. The number of nitrogens with zero attached hydrogens (tertiary/aromatic N) is 1. The van der Waals surface area contributed by atoms with Gasteiger partial charge in [0.15, 0.2) is 0 Å². The normalized spacial score (nSPS) is 16.6. The highest BCUT2D eigenvalue weighted by molar-refractivity contribution is 5.46. The summed E-state index contributed by atoms with van der Waals surface area (Å²) in [6, 6.07) is 9.76. The summed E-state index contributed by atoms with van der Waals surface area (Å²) in [5.41, 5.74) is 2.74. The van der Waals surface area contributed by atoms with Gasteiger partial charge >= 0.3 is 0 Å². The van der Waals surface area contributed by atoms with Crippen molar-refractivity contribution in [3.8, 4) is 0 Å². The number of aryl methyl sites for hydroxylation is 1. The van der Waals surface area contributed by atoms with Crippen molar-refractivity contribution in [3.63, 3.8) is 0 Å². The zero-order valence-electron chi connectivity index (χ0n) is 11.9. The zero-order valence-corrected chi connectivity index (χ0v) is 11.9. The summed E-state index contributed by atoms with van der Waals surface area (Å²) in [4.78, 5) is 2.36. The van der Waals surface area contributed by atoms with Crippen LogP contribution >= 0.6 is 0 Å². The van der Waals surface area contributed by atoms with Gasteiger partial charge in [0.2, 0.25) is 0 Å². The Morgan fingerprint density at radius 1 is 1.28 bits per heavy atom. The second kappa shape index (κ2) is 6.24. The van der Waals surface area contributed by atoms with Crippen LogP contribution in [0.4, 0.5) is 5.69 Å². The van der Waals surface area contributed by atoms with Crippen LogP contribution in [-0.2, 0) is 6.42 Å². The van der Waals surface area contributed by atoms with Gasteiger partial charge in [-0.15, -0.1) is 0 Å². The van der Waals surface area contributed by atoms with Crippen molar-refractivity contribution in [2.45, 2.75) is 39.2 Å². The molecule has 0 amide bonds. The lowest BCUT2D eigenvalue weighted by Crippen LogP contribution is -2.31. The van der Waals surface area contributed by atoms with E-state index >= 15 is 0 Å². The van der Waals surface area contributed by atoms with Crippen molar-refractivity contribution in [3.05, 3.63) is 29.8 Å². The van der Waals surface area contributed by atoms with Gasteiger partial charge in [0.05, 0.1) is 0 Å². The maximum atomic E-state index is 3.60. The van der Waals surface area contributed by atoms with E-state index in [1.165, 1.54) is 24.1 Å². The molecule has 1 aromatic rings. The fraction of sp³-hybridized carbons (Fsp3) is 0.625. The maximum absolute atomic E-state index is 3.60. The van der Waals surface area contributed by atoms with Crippen LogP contribution in [0.5, 0.6) is 0 Å². The monoisotopic (exact) mass is 246 g/mol. The zero-order chi connectivity index (χ0) is 13.0. The molecule has 0 aliphatic heterocycles. The van der Waals surface area contributed by atoms with Crippen molar-refractivity contribution in [2.24, 2.45) is 5.92 Å². The van der Waals surface area contributed by atoms with E-state index in [2.05, 4.69) is 55.4 Å². The minimum atomic E-state index is 0.696. The Morgan fingerprint density at radius 3 is 2.50 bits per heavy atom. The molecule has 0 radical (unpaired) electrons. The average Bonchev–Trinajstić information content (AvgIpc) is 3.20. The van der Waals surface area contributed by atoms with Gasteiger partial charge in [0.25, 0.3) is 0 Å². The highest BCUT2D eigenvalue weighted by atomic mass is 15.1. The molecular weight excluding hydrogens is 220 g/mol. The first-order chi connectivity index (χ1) is 8.69. The van der Waals surface area contributed by atoms with E-state index in [1.54, 1.807) is 0 Å². The number of nitrogens with one attached hydrogen (secondary N) is 1. The molecule has 0 spiro atoms. The van der Waals surface area contributed by atoms with Crippen molar-refractivity contribution in [1.29, 1.82) is 0 Å². The summed E-state index contributed by atoms with van der Waals surface area (Å²) < 4.78 is 0. The van der Waals surface area contributed by atoms with E-state index in [-0.39, 0.29) is 0 Å². The first-order valence-electron chi connectivity index (χ1n) is 7.22. The van der Waals surface area contributed by atoms with E-state index in [0.717, 1.165) is 25.6 Å². The summed E-state index contributed by atoms with van der Waals surface area (Å²) >= 11 is 0. The number of hydrogen-bond acceptors (Lipinski definition) is 2. The molecule has 100 valence electrons. The molecular formula is C16H26N2. The fourth-order valence-electron chi connectivity index (χ4n) is 2.28. The van der Waals surface area contributed by atoms with Crippen LogP contribution in [0.25, 0.3) is 0 Å². The first-order valence-corrected chi connectivity index (χ1v) is 7.22. The third-order valence-electron chi connectivity index (χ3n) is 3.70. The maximum Gasteiger partial charge on any atom is 0.0363 e. The molecule has 2 rings (SSSR count). The predicted molar refractivity (Wildman–Crippen MR) is 79.3 cm³/mol. The Morgan fingerprint density at radius 2 is 1.94 bits per heavy atom. The molecule has 2 heteroatoms. The number of benzene rings is 1. The van der Waals surface area contributed by atoms with Crippen LogP contribution < -0.4 is 10.2 Å². The summed E-state index contributed by atoms with van der Waals surface area (Å²) in [6.45, 7) is 6.78. The number of anilines is 1. The molecule has 1 aromatic carbocycles. The average molecular weight is 246 g/mol. The van der Waals surface area contributed by atoms with E-state index in [0.29, 0.717) is 5.92 Å². The second-order valence-electron chi connectivity index (χ2n) is 5.69. The topological polar surface area (TPSA) is 15.3 Å². The lowest BCUT2D eigenvalue weighted by molar-refractivity contribution is 0.511. The lowest BCUT2D eigenvalue weighted by Gasteiger charge is -2.24. The smallest absolute Gasteiger partial charge is 0.0363 e. The highest BCUT2D eigenvalue weighted by Crippen LogP contribution is 2.19. The Labute approximate surface area is 111 Å². The molecule has 2 nitrogen and oxygen atoms in total. The minimum Gasteiger partial charge on any atom is -0.374 e. The molecule has 1 atom stereocenters. The molecule has 1 fully saturated rings. The minimum absolute atomic E-state index is 0.696. The quantitative estimate of drug-likeness (QED) is 0.795. The van der Waals surface area contributed by atoms with E-state index < -0.39 is 0 Å². The summed E-state index contributed by atoms with van der Waals surface area (Å²) in [7, 11) is 2.19. The van der Waals surface area contributed by atoms with Crippen molar-refractivity contribution in [2.75, 3.05) is 25.0 Å². The fourth-order valence-corrected chi connectivity index (χ4v) is 2.28. The Kier molecular flexibility index (Phi) is 4.65. The van der Waals surface area contributed by atoms with E-state index in [9.17, 15) is 0 Å². The van der Waals surface area contributed by atoms with Crippen LogP contribution in [0.15, 0.2) is 24.3 Å². The van der Waals surface area contributed by atoms with Crippen molar-refractivity contribution in [1.82, 2.24) is 5.32 Å². The number of rotatable bonds is 7. The molecule has 1 unspecified atom stereocenters. The number of hydrogen-bond donors (Lipinski definition) is 1. The molecule has 18 heavy (non-hydrogen) atoms. The Balaban J connectivity index is 1.79. The van der Waals surface area contributed by atoms with Crippen LogP contribution in [0.3, 0.4) is 0 Å². The molecule has 1 aliphatic carbocycles. The SMILES string of the molecule is CCc1ccc(N(C)CC(C)CNC2CC2)cc1. The molecule has 0 bridgehead atoms. The molecule has 1 N–H and O–H groups in total. The van der Waals surface area contributed by atoms with Crippen molar-refractivity contribution < 1.29 is 0 Å². The van der Waals surface area contributed by atoms with Gasteiger partial charge in [0, 0.05) is 25.3 Å². The molecule has 1 aliphatic rings. The molecule has 0 heterocycles. The molecule has 0 aromatic heterocycles. The van der Waals surface area contributed by atoms with Crippen LogP contribution in [0.1, 0.15) is 32.3 Å². The summed E-state index contributed by atoms with van der Waals surface area (Å²) in [5, 5.41) is 3.60. The second-order valence-corrected chi connectivity index (χ2v) is 5.69. The lowest BCUT2D eigenvalue weighted by atomic mass is 10.1. The third kappa shape index (κ3) is 4.02. The Bertz CT molecular complexity index is 354. The summed E-state index contributed by atoms with van der Waals surface area (Å²) in [5.74, 6) is 0.696. The van der Waals surface area contributed by atoms with Gasteiger partial charge in [0.1, 0.15) is 0 Å².